The number of aryl methyl sites for hydroxylation is 1. The molecule has 0 aliphatic carbocycles. The third kappa shape index (κ3) is 4.61. The van der Waals surface area contributed by atoms with Crippen molar-refractivity contribution in [2.24, 2.45) is 0 Å². The Bertz CT molecular complexity index is 400. The first-order chi connectivity index (χ1) is 8.04. The highest BCUT2D eigenvalue weighted by Gasteiger charge is 2.15. The maximum Gasteiger partial charge on any atom is 0.274 e. The predicted molar refractivity (Wildman–Crippen MR) is 71.0 cm³/mol. The molecule has 1 rings (SSSR count). The van der Waals surface area contributed by atoms with Gasteiger partial charge in [-0.05, 0) is 18.9 Å². The van der Waals surface area contributed by atoms with Gasteiger partial charge in [0, 0.05) is 28.6 Å². The van der Waals surface area contributed by atoms with Gasteiger partial charge in [-0.25, -0.2) is 0 Å². The second kappa shape index (κ2) is 6.93. The van der Waals surface area contributed by atoms with Gasteiger partial charge >= 0.3 is 0 Å². The van der Waals surface area contributed by atoms with E-state index in [1.165, 1.54) is 6.07 Å². The van der Waals surface area contributed by atoms with Crippen molar-refractivity contribution in [3.05, 3.63) is 38.9 Å². The minimum atomic E-state index is -0.402. The quantitative estimate of drug-likeness (QED) is 0.457. The first kappa shape index (κ1) is 14.4. The van der Waals surface area contributed by atoms with Gasteiger partial charge in [-0.1, -0.05) is 33.6 Å². The van der Waals surface area contributed by atoms with Crippen molar-refractivity contribution in [2.45, 2.75) is 17.7 Å². The summed E-state index contributed by atoms with van der Waals surface area (Å²) in [6.45, 7) is 0.585. The largest absolute Gasteiger partial charge is 0.384 e. The van der Waals surface area contributed by atoms with Gasteiger partial charge in [0.2, 0.25) is 0 Å². The highest BCUT2D eigenvalue weighted by atomic mass is 79.9. The first-order valence-corrected chi connectivity index (χ1v) is 6.39. The number of ether oxygens (including phenoxy) is 1. The van der Waals surface area contributed by atoms with Crippen molar-refractivity contribution >= 4 is 33.2 Å². The van der Waals surface area contributed by atoms with Crippen LogP contribution in [-0.2, 0) is 11.2 Å². The van der Waals surface area contributed by atoms with Gasteiger partial charge in [-0.15, -0.1) is 0 Å². The fourth-order valence-corrected chi connectivity index (χ4v) is 2.15. The van der Waals surface area contributed by atoms with Crippen LogP contribution in [0.15, 0.2) is 18.2 Å². The lowest BCUT2D eigenvalue weighted by Crippen LogP contribution is -2.08. The number of rotatable bonds is 6. The fraction of sp³-hybridized carbons (Fsp3) is 0.455. The molecule has 1 atom stereocenters. The predicted octanol–water partition coefficient (Wildman–Crippen LogP) is 3.59. The average molecular weight is 323 g/mol. The summed E-state index contributed by atoms with van der Waals surface area (Å²) >= 11 is 9.19. The Balaban J connectivity index is 2.73. The molecular formula is C11H13BrClNO3. The van der Waals surface area contributed by atoms with E-state index in [-0.39, 0.29) is 10.5 Å². The molecule has 94 valence electrons. The van der Waals surface area contributed by atoms with E-state index in [4.69, 9.17) is 16.3 Å². The van der Waals surface area contributed by atoms with Gasteiger partial charge in [0.05, 0.1) is 11.5 Å². The highest BCUT2D eigenvalue weighted by molar-refractivity contribution is 9.09. The molecule has 6 heteroatoms. The molecule has 0 amide bonds. The average Bonchev–Trinajstić information content (AvgIpc) is 2.27. The summed E-state index contributed by atoms with van der Waals surface area (Å²) in [7, 11) is 1.62. The third-order valence-electron chi connectivity index (χ3n) is 2.32. The number of benzene rings is 1. The minimum absolute atomic E-state index is 0.0783. The van der Waals surface area contributed by atoms with E-state index in [0.717, 1.165) is 6.42 Å². The molecule has 1 aromatic carbocycles. The van der Waals surface area contributed by atoms with E-state index in [0.29, 0.717) is 23.6 Å². The summed E-state index contributed by atoms with van der Waals surface area (Å²) in [6, 6.07) is 4.76. The summed E-state index contributed by atoms with van der Waals surface area (Å²) in [5, 5.41) is 11.2. The first-order valence-electron chi connectivity index (χ1n) is 5.10. The number of methoxy groups -OCH3 is 1. The van der Waals surface area contributed by atoms with E-state index < -0.39 is 4.92 Å². The van der Waals surface area contributed by atoms with Gasteiger partial charge in [0.25, 0.3) is 5.69 Å². The van der Waals surface area contributed by atoms with Crippen LogP contribution in [0.3, 0.4) is 0 Å². The van der Waals surface area contributed by atoms with E-state index in [9.17, 15) is 10.1 Å². The molecule has 0 saturated heterocycles. The second-order valence-corrected chi connectivity index (χ2v) is 5.35. The number of hydrogen-bond donors (Lipinski definition) is 0. The molecule has 0 aliphatic rings. The van der Waals surface area contributed by atoms with Crippen LogP contribution in [0.1, 0.15) is 12.0 Å². The van der Waals surface area contributed by atoms with E-state index in [2.05, 4.69) is 15.9 Å². The molecule has 4 nitrogen and oxygen atoms in total. The molecule has 17 heavy (non-hydrogen) atoms. The molecule has 0 heterocycles. The van der Waals surface area contributed by atoms with Crippen molar-refractivity contribution in [1.29, 1.82) is 0 Å². The molecule has 0 saturated carbocycles. The van der Waals surface area contributed by atoms with Gasteiger partial charge in [0.15, 0.2) is 0 Å². The van der Waals surface area contributed by atoms with Crippen molar-refractivity contribution in [3.8, 4) is 0 Å². The van der Waals surface area contributed by atoms with Crippen LogP contribution in [0.4, 0.5) is 5.69 Å². The smallest absolute Gasteiger partial charge is 0.274 e. The van der Waals surface area contributed by atoms with Gasteiger partial charge < -0.3 is 4.74 Å². The van der Waals surface area contributed by atoms with Crippen LogP contribution in [0.25, 0.3) is 0 Å². The van der Waals surface area contributed by atoms with E-state index in [1.54, 1.807) is 19.2 Å². The third-order valence-corrected chi connectivity index (χ3v) is 3.28. The maximum atomic E-state index is 10.9. The zero-order chi connectivity index (χ0) is 12.8. The zero-order valence-corrected chi connectivity index (χ0v) is 11.7. The lowest BCUT2D eigenvalue weighted by Gasteiger charge is -2.08. The topological polar surface area (TPSA) is 52.4 Å². The fourth-order valence-electron chi connectivity index (χ4n) is 1.49. The standard InChI is InChI=1S/C11H13BrClNO3/c1-17-7-9(12)4-2-8-3-5-10(13)6-11(8)14(15)16/h3,5-6,9H,2,4,7H2,1H3. The Morgan fingerprint density at radius 1 is 1.59 bits per heavy atom. The molecule has 0 aromatic heterocycles. The number of alkyl halides is 1. The Hall–Kier alpha value is -0.650. The minimum Gasteiger partial charge on any atom is -0.384 e. The van der Waals surface area contributed by atoms with Crippen LogP contribution in [-0.4, -0.2) is 23.5 Å². The number of nitrogens with zero attached hydrogens (tertiary/aromatic N) is 1. The van der Waals surface area contributed by atoms with Crippen molar-refractivity contribution in [3.63, 3.8) is 0 Å². The van der Waals surface area contributed by atoms with Crippen molar-refractivity contribution < 1.29 is 9.66 Å². The second-order valence-electron chi connectivity index (χ2n) is 3.62. The Kier molecular flexibility index (Phi) is 5.88. The lowest BCUT2D eigenvalue weighted by molar-refractivity contribution is -0.385. The van der Waals surface area contributed by atoms with E-state index in [1.807, 2.05) is 0 Å². The molecule has 0 N–H and O–H groups in total. The zero-order valence-electron chi connectivity index (χ0n) is 9.36. The van der Waals surface area contributed by atoms with Gasteiger partial charge in [0.1, 0.15) is 0 Å². The van der Waals surface area contributed by atoms with Gasteiger partial charge in [-0.2, -0.15) is 0 Å². The number of nitro benzene ring substituents is 1. The summed E-state index contributed by atoms with van der Waals surface area (Å²) in [6.07, 6.45) is 1.39. The van der Waals surface area contributed by atoms with Crippen LogP contribution >= 0.6 is 27.5 Å². The number of halogens is 2. The molecule has 0 spiro atoms. The Labute approximate surface area is 113 Å². The molecule has 0 bridgehead atoms. The molecule has 1 unspecified atom stereocenters. The molecule has 0 aliphatic heterocycles. The van der Waals surface area contributed by atoms with E-state index >= 15 is 0 Å². The molecular weight excluding hydrogens is 309 g/mol. The van der Waals surface area contributed by atoms with Crippen LogP contribution in [0.2, 0.25) is 5.02 Å². The maximum absolute atomic E-state index is 10.9. The lowest BCUT2D eigenvalue weighted by atomic mass is 10.1. The van der Waals surface area contributed by atoms with Crippen LogP contribution in [0.5, 0.6) is 0 Å². The molecule has 0 fully saturated rings. The van der Waals surface area contributed by atoms with Crippen LogP contribution in [0, 0.1) is 10.1 Å². The SMILES string of the molecule is COCC(Br)CCc1ccc(Cl)cc1[N+](=O)[O-]. The Morgan fingerprint density at radius 2 is 2.29 bits per heavy atom. The number of nitro groups is 1. The monoisotopic (exact) mass is 321 g/mol. The van der Waals surface area contributed by atoms with Gasteiger partial charge in [-0.3, -0.25) is 10.1 Å². The summed E-state index contributed by atoms with van der Waals surface area (Å²) in [4.78, 5) is 10.6. The Morgan fingerprint density at radius 3 is 2.88 bits per heavy atom. The summed E-state index contributed by atoms with van der Waals surface area (Å²) in [5.74, 6) is 0. The summed E-state index contributed by atoms with van der Waals surface area (Å²) < 4.78 is 4.99. The molecule has 1 aromatic rings. The molecule has 0 radical (unpaired) electrons. The highest BCUT2D eigenvalue weighted by Crippen LogP contribution is 2.25. The number of hydrogen-bond acceptors (Lipinski definition) is 3. The van der Waals surface area contributed by atoms with Crippen molar-refractivity contribution in [1.82, 2.24) is 0 Å². The summed E-state index contributed by atoms with van der Waals surface area (Å²) in [5.41, 5.74) is 0.773. The normalized spacial score (nSPS) is 12.4. The van der Waals surface area contributed by atoms with Crippen molar-refractivity contribution in [2.75, 3.05) is 13.7 Å². The van der Waals surface area contributed by atoms with Crippen LogP contribution < -0.4 is 0 Å².